The molecule has 0 aliphatic heterocycles. The molecule has 0 spiro atoms. The topological polar surface area (TPSA) is 137 Å². The molecular formula is C20H24N4O5. The van der Waals surface area contributed by atoms with Crippen molar-refractivity contribution >= 4 is 17.5 Å². The number of hydrogen-bond acceptors (Lipinski definition) is 5. The minimum Gasteiger partial charge on any atom is -0.365 e. The fraction of sp³-hybridized carbons (Fsp3) is 0.350. The molecule has 2 amide bonds. The molecule has 0 aliphatic rings. The Hall–Kier alpha value is -3.49. The van der Waals surface area contributed by atoms with E-state index in [4.69, 9.17) is 5.73 Å². The van der Waals surface area contributed by atoms with Gasteiger partial charge in [-0.3, -0.25) is 29.1 Å². The highest BCUT2D eigenvalue weighted by Crippen LogP contribution is 2.16. The van der Waals surface area contributed by atoms with Crippen molar-refractivity contribution in [1.29, 1.82) is 0 Å². The minimum atomic E-state index is -1.09. The quantitative estimate of drug-likeness (QED) is 0.515. The van der Waals surface area contributed by atoms with Gasteiger partial charge in [0.1, 0.15) is 12.1 Å². The number of hydrogen-bond donors (Lipinski definition) is 2. The van der Waals surface area contributed by atoms with Crippen LogP contribution in [0.5, 0.6) is 0 Å². The molecule has 0 fully saturated rings. The Kier molecular flexibility index (Phi) is 6.87. The van der Waals surface area contributed by atoms with E-state index in [9.17, 15) is 24.5 Å². The zero-order valence-electron chi connectivity index (χ0n) is 16.5. The molecule has 0 radical (unpaired) electrons. The smallest absolute Gasteiger partial charge is 0.286 e. The van der Waals surface area contributed by atoms with Gasteiger partial charge in [-0.2, -0.15) is 0 Å². The molecule has 29 heavy (non-hydrogen) atoms. The summed E-state index contributed by atoms with van der Waals surface area (Å²) in [6.07, 6.45) is 1.87. The lowest BCUT2D eigenvalue weighted by Gasteiger charge is -2.16. The van der Waals surface area contributed by atoms with E-state index in [1.165, 1.54) is 5.56 Å². The van der Waals surface area contributed by atoms with Crippen LogP contribution in [0.4, 0.5) is 5.69 Å². The first-order chi connectivity index (χ1) is 13.6. The summed E-state index contributed by atoms with van der Waals surface area (Å²) in [5, 5.41) is 13.8. The van der Waals surface area contributed by atoms with Crippen LogP contribution in [0, 0.1) is 16.0 Å². The third kappa shape index (κ3) is 5.74. The summed E-state index contributed by atoms with van der Waals surface area (Å²) in [6.45, 7) is 5.59. The number of nitro groups is 1. The number of pyridine rings is 1. The van der Waals surface area contributed by atoms with Crippen LogP contribution in [-0.2, 0) is 17.8 Å². The van der Waals surface area contributed by atoms with Gasteiger partial charge in [-0.15, -0.1) is 0 Å². The summed E-state index contributed by atoms with van der Waals surface area (Å²) in [6, 6.07) is 8.33. The number of amides is 2. The summed E-state index contributed by atoms with van der Waals surface area (Å²) in [7, 11) is 0. The van der Waals surface area contributed by atoms with E-state index in [0.29, 0.717) is 5.92 Å². The van der Waals surface area contributed by atoms with Crippen molar-refractivity contribution < 1.29 is 14.5 Å². The Morgan fingerprint density at radius 2 is 1.83 bits per heavy atom. The second-order valence-corrected chi connectivity index (χ2v) is 7.30. The molecule has 3 N–H and O–H groups in total. The molecule has 0 bridgehead atoms. The number of nitrogens with two attached hydrogens (primary N) is 1. The first-order valence-electron chi connectivity index (χ1n) is 9.15. The van der Waals surface area contributed by atoms with Crippen LogP contribution in [0.25, 0.3) is 0 Å². The predicted molar refractivity (Wildman–Crippen MR) is 107 cm³/mol. The van der Waals surface area contributed by atoms with E-state index >= 15 is 0 Å². The van der Waals surface area contributed by atoms with Gasteiger partial charge in [0.25, 0.3) is 17.2 Å². The normalized spacial score (nSPS) is 11.9. The van der Waals surface area contributed by atoms with E-state index in [1.807, 2.05) is 24.3 Å². The highest BCUT2D eigenvalue weighted by atomic mass is 16.6. The SMILES string of the molecule is CC(C)Cc1ccc(C(C)NC(=O)Cn2cc([N+](=O)[O-])cc(C(N)=O)c2=O)cc1. The van der Waals surface area contributed by atoms with Crippen LogP contribution in [0.2, 0.25) is 0 Å². The lowest BCUT2D eigenvalue weighted by atomic mass is 10.00. The van der Waals surface area contributed by atoms with Gasteiger partial charge in [0.2, 0.25) is 5.91 Å². The number of primary amides is 1. The number of carbonyl (C=O) groups is 2. The molecule has 1 heterocycles. The molecule has 1 aromatic heterocycles. The first kappa shape index (κ1) is 21.8. The molecule has 2 rings (SSSR count). The van der Waals surface area contributed by atoms with Gasteiger partial charge in [-0.1, -0.05) is 38.1 Å². The van der Waals surface area contributed by atoms with Crippen LogP contribution >= 0.6 is 0 Å². The average Bonchev–Trinajstić information content (AvgIpc) is 2.62. The minimum absolute atomic E-state index is 0.333. The highest BCUT2D eigenvalue weighted by molar-refractivity contribution is 5.93. The number of aromatic nitrogens is 1. The van der Waals surface area contributed by atoms with Crippen molar-refractivity contribution in [1.82, 2.24) is 9.88 Å². The van der Waals surface area contributed by atoms with Gasteiger partial charge in [0.15, 0.2) is 0 Å². The fourth-order valence-corrected chi connectivity index (χ4v) is 2.95. The van der Waals surface area contributed by atoms with Crippen LogP contribution in [0.1, 0.15) is 48.3 Å². The molecule has 0 saturated carbocycles. The largest absolute Gasteiger partial charge is 0.365 e. The molecule has 1 aromatic carbocycles. The lowest BCUT2D eigenvalue weighted by molar-refractivity contribution is -0.385. The van der Waals surface area contributed by atoms with Crippen molar-refractivity contribution in [3.8, 4) is 0 Å². The molecule has 0 aliphatic carbocycles. The number of benzene rings is 1. The Labute approximate surface area is 167 Å². The van der Waals surface area contributed by atoms with Crippen molar-refractivity contribution in [2.24, 2.45) is 11.7 Å². The maximum Gasteiger partial charge on any atom is 0.286 e. The van der Waals surface area contributed by atoms with E-state index in [-0.39, 0.29) is 6.04 Å². The van der Waals surface area contributed by atoms with Crippen LogP contribution in [-0.4, -0.2) is 21.3 Å². The second-order valence-electron chi connectivity index (χ2n) is 7.30. The Morgan fingerprint density at radius 3 is 2.34 bits per heavy atom. The monoisotopic (exact) mass is 400 g/mol. The second kappa shape index (κ2) is 9.13. The Balaban J connectivity index is 2.15. The molecule has 2 aromatic rings. The molecule has 1 unspecified atom stereocenters. The van der Waals surface area contributed by atoms with Crippen molar-refractivity contribution in [3.63, 3.8) is 0 Å². The highest BCUT2D eigenvalue weighted by Gasteiger charge is 2.19. The molecular weight excluding hydrogens is 376 g/mol. The summed E-state index contributed by atoms with van der Waals surface area (Å²) in [4.78, 5) is 46.3. The van der Waals surface area contributed by atoms with Gasteiger partial charge < -0.3 is 11.1 Å². The van der Waals surface area contributed by atoms with E-state index < -0.39 is 40.1 Å². The van der Waals surface area contributed by atoms with E-state index in [0.717, 1.165) is 28.8 Å². The summed E-state index contributed by atoms with van der Waals surface area (Å²) in [5.74, 6) is -1.08. The van der Waals surface area contributed by atoms with E-state index in [1.54, 1.807) is 6.92 Å². The zero-order chi connectivity index (χ0) is 21.7. The van der Waals surface area contributed by atoms with Crippen molar-refractivity contribution in [2.45, 2.75) is 39.8 Å². The third-order valence-electron chi connectivity index (χ3n) is 4.36. The van der Waals surface area contributed by atoms with Crippen molar-refractivity contribution in [3.05, 3.63) is 73.7 Å². The van der Waals surface area contributed by atoms with Gasteiger partial charge in [-0.25, -0.2) is 0 Å². The summed E-state index contributed by atoms with van der Waals surface area (Å²) >= 11 is 0. The number of nitrogens with zero attached hydrogens (tertiary/aromatic N) is 2. The third-order valence-corrected chi connectivity index (χ3v) is 4.36. The molecule has 9 heteroatoms. The Bertz CT molecular complexity index is 979. The number of rotatable bonds is 8. The molecule has 154 valence electrons. The summed E-state index contributed by atoms with van der Waals surface area (Å²) < 4.78 is 0.812. The molecule has 9 nitrogen and oxygen atoms in total. The zero-order valence-corrected chi connectivity index (χ0v) is 16.5. The number of nitrogens with one attached hydrogen (secondary N) is 1. The van der Waals surface area contributed by atoms with Gasteiger partial charge in [0.05, 0.1) is 17.2 Å². The maximum atomic E-state index is 12.4. The van der Waals surface area contributed by atoms with E-state index in [2.05, 4.69) is 19.2 Å². The average molecular weight is 400 g/mol. The first-order valence-corrected chi connectivity index (χ1v) is 9.15. The van der Waals surface area contributed by atoms with Crippen LogP contribution in [0.15, 0.2) is 41.3 Å². The molecule has 0 saturated heterocycles. The maximum absolute atomic E-state index is 12.4. The van der Waals surface area contributed by atoms with Gasteiger partial charge >= 0.3 is 0 Å². The lowest BCUT2D eigenvalue weighted by Crippen LogP contribution is -2.36. The predicted octanol–water partition coefficient (Wildman–Crippen LogP) is 1.93. The fourth-order valence-electron chi connectivity index (χ4n) is 2.95. The van der Waals surface area contributed by atoms with Crippen LogP contribution < -0.4 is 16.6 Å². The summed E-state index contributed by atoms with van der Waals surface area (Å²) in [5.41, 5.74) is 5.29. The van der Waals surface area contributed by atoms with Crippen molar-refractivity contribution in [2.75, 3.05) is 0 Å². The number of carbonyl (C=O) groups excluding carboxylic acids is 2. The van der Waals surface area contributed by atoms with Gasteiger partial charge in [0, 0.05) is 6.07 Å². The molecule has 1 atom stereocenters. The van der Waals surface area contributed by atoms with Gasteiger partial charge in [-0.05, 0) is 30.4 Å². The van der Waals surface area contributed by atoms with Crippen LogP contribution in [0.3, 0.4) is 0 Å². The standard InChI is InChI=1S/C20H24N4O5/c1-12(2)8-14-4-6-15(7-5-14)13(3)22-18(25)11-23-10-16(24(28)29)9-17(19(21)26)20(23)27/h4-7,9-10,12-13H,8,11H2,1-3H3,(H2,21,26)(H,22,25). The Morgan fingerprint density at radius 1 is 1.21 bits per heavy atom.